The standard InChI is InChI=1S/C18H27NO/c1-2-13-19-16-14-18(11-7-3-4-8-12-18)20-17-10-6-5-9-15(16)17/h5-6,9-10,16,19H,2-4,7-8,11-14H2,1H3. The Morgan fingerprint density at radius 2 is 1.90 bits per heavy atom. The van der Waals surface area contributed by atoms with Crippen molar-refractivity contribution in [2.45, 2.75) is 69.9 Å². The molecule has 1 N–H and O–H groups in total. The smallest absolute Gasteiger partial charge is 0.124 e. The average Bonchev–Trinajstić information content (AvgIpc) is 2.70. The Balaban J connectivity index is 1.86. The average molecular weight is 273 g/mol. The van der Waals surface area contributed by atoms with Gasteiger partial charge in [-0.25, -0.2) is 0 Å². The van der Waals surface area contributed by atoms with Crippen LogP contribution >= 0.6 is 0 Å². The summed E-state index contributed by atoms with van der Waals surface area (Å²) in [4.78, 5) is 0. The Morgan fingerprint density at radius 1 is 1.15 bits per heavy atom. The fourth-order valence-electron chi connectivity index (χ4n) is 3.80. The van der Waals surface area contributed by atoms with Gasteiger partial charge in [-0.1, -0.05) is 38.0 Å². The van der Waals surface area contributed by atoms with Crippen molar-refractivity contribution in [2.75, 3.05) is 6.54 Å². The van der Waals surface area contributed by atoms with Gasteiger partial charge in [0.05, 0.1) is 0 Å². The third-order valence-electron chi connectivity index (χ3n) is 4.85. The minimum atomic E-state index is 0.0935. The molecule has 1 aromatic carbocycles. The monoisotopic (exact) mass is 273 g/mol. The predicted molar refractivity (Wildman–Crippen MR) is 83.2 cm³/mol. The third-order valence-corrected chi connectivity index (χ3v) is 4.85. The molecule has 0 aromatic heterocycles. The second kappa shape index (κ2) is 6.17. The third kappa shape index (κ3) is 2.85. The van der Waals surface area contributed by atoms with Gasteiger partial charge in [0.25, 0.3) is 0 Å². The maximum atomic E-state index is 6.51. The SMILES string of the molecule is CCCNC1CC2(CCCCCC2)Oc2ccccc21. The summed E-state index contributed by atoms with van der Waals surface area (Å²) < 4.78 is 6.51. The first kappa shape index (κ1) is 13.9. The number of benzene rings is 1. The van der Waals surface area contributed by atoms with Gasteiger partial charge in [-0.2, -0.15) is 0 Å². The molecule has 0 saturated heterocycles. The van der Waals surface area contributed by atoms with Crippen LogP contribution in [0.1, 0.15) is 69.9 Å². The second-order valence-corrected chi connectivity index (χ2v) is 6.45. The first-order chi connectivity index (χ1) is 9.83. The summed E-state index contributed by atoms with van der Waals surface area (Å²) in [7, 11) is 0. The van der Waals surface area contributed by atoms with E-state index in [4.69, 9.17) is 4.74 Å². The zero-order chi connectivity index (χ0) is 13.8. The highest BCUT2D eigenvalue weighted by molar-refractivity contribution is 5.39. The number of hydrogen-bond donors (Lipinski definition) is 1. The van der Waals surface area contributed by atoms with Crippen LogP contribution in [0, 0.1) is 0 Å². The second-order valence-electron chi connectivity index (χ2n) is 6.45. The number of hydrogen-bond acceptors (Lipinski definition) is 2. The van der Waals surface area contributed by atoms with Crippen LogP contribution in [0.3, 0.4) is 0 Å². The lowest BCUT2D eigenvalue weighted by Crippen LogP contribution is -2.44. The highest BCUT2D eigenvalue weighted by Gasteiger charge is 2.40. The van der Waals surface area contributed by atoms with E-state index in [0.29, 0.717) is 6.04 Å². The molecule has 1 heterocycles. The lowest BCUT2D eigenvalue weighted by Gasteiger charge is -2.42. The first-order valence-electron chi connectivity index (χ1n) is 8.34. The van der Waals surface area contributed by atoms with Crippen LogP contribution in [-0.4, -0.2) is 12.1 Å². The predicted octanol–water partition coefficient (Wildman–Crippen LogP) is 4.60. The van der Waals surface area contributed by atoms with Crippen LogP contribution in [0.5, 0.6) is 5.75 Å². The van der Waals surface area contributed by atoms with E-state index >= 15 is 0 Å². The molecule has 1 fully saturated rings. The normalized spacial score (nSPS) is 24.8. The molecule has 1 unspecified atom stereocenters. The Kier molecular flexibility index (Phi) is 4.30. The molecule has 2 heteroatoms. The van der Waals surface area contributed by atoms with E-state index < -0.39 is 0 Å². The Bertz CT molecular complexity index is 435. The maximum absolute atomic E-state index is 6.51. The van der Waals surface area contributed by atoms with Crippen LogP contribution < -0.4 is 10.1 Å². The molecule has 2 aliphatic rings. The number of fused-ring (bicyclic) bond motifs is 1. The van der Waals surface area contributed by atoms with E-state index in [2.05, 4.69) is 36.5 Å². The Hall–Kier alpha value is -1.02. The molecule has 0 bridgehead atoms. The van der Waals surface area contributed by atoms with E-state index in [9.17, 15) is 0 Å². The van der Waals surface area contributed by atoms with Crippen molar-refractivity contribution in [1.29, 1.82) is 0 Å². The minimum Gasteiger partial charge on any atom is -0.487 e. The van der Waals surface area contributed by atoms with Gasteiger partial charge in [-0.15, -0.1) is 0 Å². The molecule has 1 aliphatic carbocycles. The fraction of sp³-hybridized carbons (Fsp3) is 0.667. The van der Waals surface area contributed by atoms with Gasteiger partial charge in [0.1, 0.15) is 11.4 Å². The zero-order valence-electron chi connectivity index (χ0n) is 12.7. The number of para-hydroxylation sites is 1. The number of ether oxygens (including phenoxy) is 1. The molecule has 20 heavy (non-hydrogen) atoms. The number of nitrogens with one attached hydrogen (secondary N) is 1. The molecule has 1 spiro atoms. The van der Waals surface area contributed by atoms with Crippen molar-refractivity contribution in [1.82, 2.24) is 5.32 Å². The van der Waals surface area contributed by atoms with E-state index in [0.717, 1.165) is 18.7 Å². The quantitative estimate of drug-likeness (QED) is 0.868. The van der Waals surface area contributed by atoms with E-state index in [1.807, 2.05) is 0 Å². The summed E-state index contributed by atoms with van der Waals surface area (Å²) in [6.45, 7) is 3.33. The maximum Gasteiger partial charge on any atom is 0.124 e. The van der Waals surface area contributed by atoms with E-state index in [1.54, 1.807) is 0 Å². The minimum absolute atomic E-state index is 0.0935. The summed E-state index contributed by atoms with van der Waals surface area (Å²) >= 11 is 0. The molecular weight excluding hydrogens is 246 g/mol. The highest BCUT2D eigenvalue weighted by Crippen LogP contribution is 2.45. The first-order valence-corrected chi connectivity index (χ1v) is 8.34. The van der Waals surface area contributed by atoms with Crippen LogP contribution in [0.25, 0.3) is 0 Å². The molecule has 0 amide bonds. The summed E-state index contributed by atoms with van der Waals surface area (Å²) in [5, 5.41) is 3.74. The van der Waals surface area contributed by atoms with Crippen LogP contribution in [0.2, 0.25) is 0 Å². The lowest BCUT2D eigenvalue weighted by molar-refractivity contribution is 0.0162. The van der Waals surface area contributed by atoms with Crippen molar-refractivity contribution in [3.63, 3.8) is 0 Å². The fourth-order valence-corrected chi connectivity index (χ4v) is 3.80. The summed E-state index contributed by atoms with van der Waals surface area (Å²) in [6, 6.07) is 9.09. The van der Waals surface area contributed by atoms with Gasteiger partial charge in [-0.05, 0) is 44.7 Å². The Labute approximate surface area is 122 Å². The lowest BCUT2D eigenvalue weighted by atomic mass is 9.82. The van der Waals surface area contributed by atoms with E-state index in [1.165, 1.54) is 50.5 Å². The zero-order valence-corrected chi connectivity index (χ0v) is 12.7. The van der Waals surface area contributed by atoms with Crippen molar-refractivity contribution >= 4 is 0 Å². The van der Waals surface area contributed by atoms with Gasteiger partial charge in [-0.3, -0.25) is 0 Å². The van der Waals surface area contributed by atoms with Crippen molar-refractivity contribution in [3.05, 3.63) is 29.8 Å². The van der Waals surface area contributed by atoms with Gasteiger partial charge in [0.15, 0.2) is 0 Å². The van der Waals surface area contributed by atoms with Crippen LogP contribution in [0.4, 0.5) is 0 Å². The van der Waals surface area contributed by atoms with Gasteiger partial charge >= 0.3 is 0 Å². The molecule has 1 saturated carbocycles. The molecular formula is C18H27NO. The van der Waals surface area contributed by atoms with Crippen molar-refractivity contribution < 1.29 is 4.74 Å². The van der Waals surface area contributed by atoms with Crippen molar-refractivity contribution in [2.24, 2.45) is 0 Å². The van der Waals surface area contributed by atoms with Gasteiger partial charge in [0.2, 0.25) is 0 Å². The Morgan fingerprint density at radius 3 is 2.65 bits per heavy atom. The molecule has 1 aliphatic heterocycles. The molecule has 0 radical (unpaired) electrons. The topological polar surface area (TPSA) is 21.3 Å². The molecule has 1 atom stereocenters. The highest BCUT2D eigenvalue weighted by atomic mass is 16.5. The molecule has 1 aromatic rings. The summed E-state index contributed by atoms with van der Waals surface area (Å²) in [6.07, 6.45) is 10.2. The largest absolute Gasteiger partial charge is 0.487 e. The number of rotatable bonds is 3. The molecule has 2 nitrogen and oxygen atoms in total. The van der Waals surface area contributed by atoms with E-state index in [-0.39, 0.29) is 5.60 Å². The molecule has 110 valence electrons. The van der Waals surface area contributed by atoms with Gasteiger partial charge in [0, 0.05) is 18.0 Å². The van der Waals surface area contributed by atoms with Crippen LogP contribution in [-0.2, 0) is 0 Å². The molecule has 3 rings (SSSR count). The summed E-state index contributed by atoms with van der Waals surface area (Å²) in [5.74, 6) is 1.12. The van der Waals surface area contributed by atoms with Crippen LogP contribution in [0.15, 0.2) is 24.3 Å². The summed E-state index contributed by atoms with van der Waals surface area (Å²) in [5.41, 5.74) is 1.45. The van der Waals surface area contributed by atoms with Gasteiger partial charge < -0.3 is 10.1 Å². The van der Waals surface area contributed by atoms with Crippen molar-refractivity contribution in [3.8, 4) is 5.75 Å².